The third kappa shape index (κ3) is 3.45. The molecule has 1 aromatic carbocycles. The van der Waals surface area contributed by atoms with E-state index >= 15 is 0 Å². The average molecular weight is 438 g/mol. The number of hydrogen-bond acceptors (Lipinski definition) is 3. The molecule has 0 bridgehead atoms. The maximum Gasteiger partial charge on any atom is 0.240 e. The minimum Gasteiger partial charge on any atom is -0.350 e. The van der Waals surface area contributed by atoms with E-state index in [1.165, 1.54) is 0 Å². The van der Waals surface area contributed by atoms with Gasteiger partial charge in [0.15, 0.2) is 0 Å². The van der Waals surface area contributed by atoms with Gasteiger partial charge in [-0.15, -0.1) is 0 Å². The molecule has 4 aromatic rings. The molecule has 0 saturated carbocycles. The number of nitrogens with one attached hydrogen (secondary N) is 1. The van der Waals surface area contributed by atoms with E-state index in [-0.39, 0.29) is 12.5 Å². The topological polar surface area (TPSA) is 64.7 Å². The third-order valence-electron chi connectivity index (χ3n) is 4.83. The Hall–Kier alpha value is -2.93. The first-order chi connectivity index (χ1) is 13.5. The van der Waals surface area contributed by atoms with Crippen molar-refractivity contribution in [3.05, 3.63) is 76.5 Å². The molecule has 7 heteroatoms. The van der Waals surface area contributed by atoms with Crippen LogP contribution in [-0.2, 0) is 17.9 Å². The quantitative estimate of drug-likeness (QED) is 0.514. The zero-order valence-corrected chi connectivity index (χ0v) is 17.3. The Morgan fingerprint density at radius 1 is 1.14 bits per heavy atom. The van der Waals surface area contributed by atoms with Crippen LogP contribution in [0.3, 0.4) is 0 Å². The van der Waals surface area contributed by atoms with E-state index in [0.29, 0.717) is 6.54 Å². The van der Waals surface area contributed by atoms with E-state index in [4.69, 9.17) is 0 Å². The molecule has 1 N–H and O–H groups in total. The Kier molecular flexibility index (Phi) is 5.00. The van der Waals surface area contributed by atoms with Crippen LogP contribution in [-0.4, -0.2) is 25.0 Å². The normalized spacial score (nSPS) is 11.1. The number of carbonyl (C=O) groups is 1. The number of pyridine rings is 1. The van der Waals surface area contributed by atoms with Gasteiger partial charge in [0.25, 0.3) is 0 Å². The van der Waals surface area contributed by atoms with Crippen LogP contribution in [0, 0.1) is 13.8 Å². The number of aromatic nitrogens is 4. The van der Waals surface area contributed by atoms with Crippen LogP contribution in [0.5, 0.6) is 0 Å². The highest BCUT2D eigenvalue weighted by molar-refractivity contribution is 9.10. The largest absolute Gasteiger partial charge is 0.350 e. The van der Waals surface area contributed by atoms with Crippen LogP contribution >= 0.6 is 15.9 Å². The molecule has 0 aliphatic heterocycles. The second-order valence-corrected chi connectivity index (χ2v) is 7.44. The molecule has 0 atom stereocenters. The summed E-state index contributed by atoms with van der Waals surface area (Å²) in [5.41, 5.74) is 3.07. The van der Waals surface area contributed by atoms with Crippen molar-refractivity contribution in [1.29, 1.82) is 0 Å². The Labute approximate surface area is 171 Å². The van der Waals surface area contributed by atoms with Crippen LogP contribution in [0.1, 0.15) is 17.1 Å². The standard InChI is InChI=1S/C21H20BrN5O/c1-14-21(22)17-5-3-4-6-18(17)27(14)13-20(28)25-12-16-7-8-24-19(11-16)26-10-9-23-15(26)2/h3-11H,12-13H2,1-2H3,(H,25,28). The summed E-state index contributed by atoms with van der Waals surface area (Å²) in [4.78, 5) is 21.2. The minimum absolute atomic E-state index is 0.0338. The predicted molar refractivity (Wildman–Crippen MR) is 112 cm³/mol. The van der Waals surface area contributed by atoms with Crippen LogP contribution in [0.4, 0.5) is 0 Å². The SMILES string of the molecule is Cc1nccn1-c1cc(CNC(=O)Cn2c(C)c(Br)c3ccccc32)ccn1. The highest BCUT2D eigenvalue weighted by Crippen LogP contribution is 2.30. The first kappa shape index (κ1) is 18.4. The smallest absolute Gasteiger partial charge is 0.240 e. The van der Waals surface area contributed by atoms with Crippen LogP contribution < -0.4 is 5.32 Å². The fraction of sp³-hybridized carbons (Fsp3) is 0.190. The second-order valence-electron chi connectivity index (χ2n) is 6.65. The second kappa shape index (κ2) is 7.59. The lowest BCUT2D eigenvalue weighted by molar-refractivity contribution is -0.121. The van der Waals surface area contributed by atoms with Gasteiger partial charge >= 0.3 is 0 Å². The minimum atomic E-state index is -0.0338. The molecule has 0 radical (unpaired) electrons. The maximum absolute atomic E-state index is 12.6. The Balaban J connectivity index is 1.48. The van der Waals surface area contributed by atoms with E-state index in [1.807, 2.05) is 59.5 Å². The van der Waals surface area contributed by atoms with Crippen molar-refractivity contribution in [3.8, 4) is 5.82 Å². The molecular formula is C21H20BrN5O. The number of benzene rings is 1. The lowest BCUT2D eigenvalue weighted by atomic mass is 10.2. The molecule has 1 amide bonds. The van der Waals surface area contributed by atoms with Gasteiger partial charge in [0.1, 0.15) is 18.2 Å². The number of hydrogen-bond donors (Lipinski definition) is 1. The first-order valence-electron chi connectivity index (χ1n) is 9.00. The lowest BCUT2D eigenvalue weighted by Crippen LogP contribution is -2.27. The number of para-hydroxylation sites is 1. The van der Waals surface area contributed by atoms with Gasteiger partial charge in [-0.1, -0.05) is 18.2 Å². The van der Waals surface area contributed by atoms with Crippen molar-refractivity contribution in [3.63, 3.8) is 0 Å². The van der Waals surface area contributed by atoms with Gasteiger partial charge in [0, 0.05) is 46.2 Å². The van der Waals surface area contributed by atoms with Crippen molar-refractivity contribution in [2.45, 2.75) is 26.9 Å². The van der Waals surface area contributed by atoms with Crippen molar-refractivity contribution in [2.24, 2.45) is 0 Å². The molecule has 28 heavy (non-hydrogen) atoms. The number of imidazole rings is 1. The average Bonchev–Trinajstić information content (AvgIpc) is 3.24. The molecular weight excluding hydrogens is 418 g/mol. The number of aryl methyl sites for hydroxylation is 1. The summed E-state index contributed by atoms with van der Waals surface area (Å²) < 4.78 is 4.98. The molecule has 0 fully saturated rings. The number of nitrogens with zero attached hydrogens (tertiary/aromatic N) is 4. The molecule has 142 valence electrons. The van der Waals surface area contributed by atoms with Gasteiger partial charge in [-0.05, 0) is 53.5 Å². The molecule has 3 heterocycles. The van der Waals surface area contributed by atoms with E-state index < -0.39 is 0 Å². The highest BCUT2D eigenvalue weighted by Gasteiger charge is 2.14. The Morgan fingerprint density at radius 2 is 1.96 bits per heavy atom. The first-order valence-corrected chi connectivity index (χ1v) is 9.79. The molecule has 4 rings (SSSR count). The lowest BCUT2D eigenvalue weighted by Gasteiger charge is -2.10. The summed E-state index contributed by atoms with van der Waals surface area (Å²) in [5.74, 6) is 1.63. The molecule has 0 aliphatic carbocycles. The Bertz CT molecular complexity index is 1160. The highest BCUT2D eigenvalue weighted by atomic mass is 79.9. The number of halogens is 1. The van der Waals surface area contributed by atoms with E-state index in [2.05, 4.69) is 37.3 Å². The predicted octanol–water partition coefficient (Wildman–Crippen LogP) is 3.92. The molecule has 0 saturated heterocycles. The summed E-state index contributed by atoms with van der Waals surface area (Å²) in [5, 5.41) is 4.12. The van der Waals surface area contributed by atoms with Gasteiger partial charge in [0.05, 0.1) is 0 Å². The van der Waals surface area contributed by atoms with Gasteiger partial charge in [-0.3, -0.25) is 9.36 Å². The van der Waals surface area contributed by atoms with Crippen LogP contribution in [0.2, 0.25) is 0 Å². The number of amides is 1. The van der Waals surface area contributed by atoms with Crippen molar-refractivity contribution >= 4 is 32.7 Å². The molecule has 3 aromatic heterocycles. The van der Waals surface area contributed by atoms with Crippen LogP contribution in [0.15, 0.2) is 59.5 Å². The van der Waals surface area contributed by atoms with Crippen molar-refractivity contribution in [2.75, 3.05) is 0 Å². The van der Waals surface area contributed by atoms with Crippen molar-refractivity contribution in [1.82, 2.24) is 24.4 Å². The molecule has 0 spiro atoms. The molecule has 0 aliphatic rings. The zero-order valence-electron chi connectivity index (χ0n) is 15.7. The number of carbonyl (C=O) groups excluding carboxylic acids is 1. The zero-order chi connectivity index (χ0) is 19.7. The summed E-state index contributed by atoms with van der Waals surface area (Å²) in [7, 11) is 0. The van der Waals surface area contributed by atoms with Gasteiger partial charge in [-0.25, -0.2) is 9.97 Å². The van der Waals surface area contributed by atoms with E-state index in [1.54, 1.807) is 12.4 Å². The number of rotatable bonds is 5. The van der Waals surface area contributed by atoms with Gasteiger partial charge in [-0.2, -0.15) is 0 Å². The summed E-state index contributed by atoms with van der Waals surface area (Å²) in [6.45, 7) is 4.66. The fourth-order valence-corrected chi connectivity index (χ4v) is 3.86. The van der Waals surface area contributed by atoms with Crippen LogP contribution in [0.25, 0.3) is 16.7 Å². The molecule has 0 unspecified atom stereocenters. The Morgan fingerprint density at radius 3 is 2.75 bits per heavy atom. The summed E-state index contributed by atoms with van der Waals surface area (Å²) in [6.07, 6.45) is 5.36. The third-order valence-corrected chi connectivity index (χ3v) is 5.83. The van der Waals surface area contributed by atoms with E-state index in [9.17, 15) is 4.79 Å². The van der Waals surface area contributed by atoms with Gasteiger partial charge < -0.3 is 9.88 Å². The van der Waals surface area contributed by atoms with Gasteiger partial charge in [0.2, 0.25) is 5.91 Å². The monoisotopic (exact) mass is 437 g/mol. The molecule has 6 nitrogen and oxygen atoms in total. The fourth-order valence-electron chi connectivity index (χ4n) is 3.31. The summed E-state index contributed by atoms with van der Waals surface area (Å²) in [6, 6.07) is 11.9. The maximum atomic E-state index is 12.6. The number of fused-ring (bicyclic) bond motifs is 1. The van der Waals surface area contributed by atoms with Crippen molar-refractivity contribution < 1.29 is 4.79 Å². The summed E-state index contributed by atoms with van der Waals surface area (Å²) >= 11 is 3.63. The van der Waals surface area contributed by atoms with E-state index in [0.717, 1.165) is 38.3 Å².